The van der Waals surface area contributed by atoms with Crippen LogP contribution in [-0.2, 0) is 21.3 Å². The topological polar surface area (TPSA) is 72.5 Å². The molecule has 0 aliphatic carbocycles. The molecule has 0 unspecified atom stereocenters. The van der Waals surface area contributed by atoms with Crippen molar-refractivity contribution in [2.75, 3.05) is 7.11 Å². The number of benzene rings is 1. The third-order valence-electron chi connectivity index (χ3n) is 2.80. The van der Waals surface area contributed by atoms with Gasteiger partial charge in [0.1, 0.15) is 9.77 Å². The van der Waals surface area contributed by atoms with Gasteiger partial charge < -0.3 is 4.74 Å². The predicted octanol–water partition coefficient (Wildman–Crippen LogP) is 2.43. The van der Waals surface area contributed by atoms with E-state index >= 15 is 0 Å². The van der Waals surface area contributed by atoms with Gasteiger partial charge in [-0.2, -0.15) is 0 Å². The second-order valence-electron chi connectivity index (χ2n) is 4.30. The first kappa shape index (κ1) is 17.4. The van der Waals surface area contributed by atoms with Crippen LogP contribution < -0.4 is 4.72 Å². The van der Waals surface area contributed by atoms with Crippen LogP contribution in [0.2, 0.25) is 0 Å². The summed E-state index contributed by atoms with van der Waals surface area (Å²) in [6, 6.07) is 2.55. The van der Waals surface area contributed by atoms with Crippen LogP contribution in [-0.4, -0.2) is 21.5 Å². The molecule has 0 fully saturated rings. The molecule has 0 aliphatic rings. The van der Waals surface area contributed by atoms with Crippen molar-refractivity contribution < 1.29 is 31.1 Å². The van der Waals surface area contributed by atoms with Crippen LogP contribution in [0.25, 0.3) is 0 Å². The van der Waals surface area contributed by atoms with Crippen LogP contribution in [0, 0.1) is 17.5 Å². The average molecular weight is 365 g/mol. The molecular weight excluding hydrogens is 355 g/mol. The Kier molecular flexibility index (Phi) is 5.07. The van der Waals surface area contributed by atoms with Crippen LogP contribution in [0.15, 0.2) is 28.5 Å². The van der Waals surface area contributed by atoms with Gasteiger partial charge in [-0.25, -0.2) is 31.1 Å². The number of hydrogen-bond acceptors (Lipinski definition) is 5. The first-order valence-electron chi connectivity index (χ1n) is 6.05. The van der Waals surface area contributed by atoms with Gasteiger partial charge in [0.05, 0.1) is 7.11 Å². The first-order chi connectivity index (χ1) is 10.8. The Bertz CT molecular complexity index is 826. The van der Waals surface area contributed by atoms with Gasteiger partial charge >= 0.3 is 5.97 Å². The Morgan fingerprint density at radius 3 is 2.43 bits per heavy atom. The maximum Gasteiger partial charge on any atom is 0.349 e. The van der Waals surface area contributed by atoms with Gasteiger partial charge in [0.15, 0.2) is 17.5 Å². The summed E-state index contributed by atoms with van der Waals surface area (Å²) in [4.78, 5) is 11.1. The molecule has 0 aliphatic heterocycles. The highest BCUT2D eigenvalue weighted by molar-refractivity contribution is 7.89. The minimum atomic E-state index is -4.12. The molecule has 10 heteroatoms. The van der Waals surface area contributed by atoms with Gasteiger partial charge in [-0.05, 0) is 29.1 Å². The van der Waals surface area contributed by atoms with E-state index in [1.165, 1.54) is 11.4 Å². The van der Waals surface area contributed by atoms with E-state index in [9.17, 15) is 26.4 Å². The Hall–Kier alpha value is -1.91. The molecule has 2 aromatic rings. The smallest absolute Gasteiger partial charge is 0.349 e. The molecule has 0 atom stereocenters. The fourth-order valence-corrected chi connectivity index (χ4v) is 4.07. The first-order valence-corrected chi connectivity index (χ1v) is 8.41. The Labute approximate surface area is 133 Å². The average Bonchev–Trinajstić information content (AvgIpc) is 3.00. The Balaban J connectivity index is 2.23. The lowest BCUT2D eigenvalue weighted by molar-refractivity contribution is 0.0602. The zero-order valence-corrected chi connectivity index (χ0v) is 13.2. The number of sulfonamides is 1. The second kappa shape index (κ2) is 6.69. The molecule has 5 nitrogen and oxygen atoms in total. The monoisotopic (exact) mass is 365 g/mol. The van der Waals surface area contributed by atoms with E-state index in [0.717, 1.165) is 18.4 Å². The highest BCUT2D eigenvalue weighted by Gasteiger charge is 2.24. The van der Waals surface area contributed by atoms with E-state index in [2.05, 4.69) is 9.46 Å². The summed E-state index contributed by atoms with van der Waals surface area (Å²) in [5.41, 5.74) is -0.111. The molecule has 0 bridgehead atoms. The normalized spacial score (nSPS) is 11.5. The third-order valence-corrected chi connectivity index (χ3v) is 5.27. The minimum absolute atomic E-state index is 0.111. The molecule has 1 aromatic heterocycles. The number of hydrogen-bond donors (Lipinski definition) is 1. The quantitative estimate of drug-likeness (QED) is 0.653. The molecule has 1 N–H and O–H groups in total. The van der Waals surface area contributed by atoms with Crippen molar-refractivity contribution >= 4 is 27.3 Å². The number of esters is 1. The lowest BCUT2D eigenvalue weighted by Crippen LogP contribution is -2.24. The van der Waals surface area contributed by atoms with Crippen molar-refractivity contribution in [1.82, 2.24) is 4.72 Å². The Morgan fingerprint density at radius 1 is 1.26 bits per heavy atom. The number of carbonyl (C=O) groups is 1. The van der Waals surface area contributed by atoms with Crippen molar-refractivity contribution in [2.45, 2.75) is 11.4 Å². The number of halogens is 3. The van der Waals surface area contributed by atoms with Crippen molar-refractivity contribution in [2.24, 2.45) is 0 Å². The highest BCUT2D eigenvalue weighted by Crippen LogP contribution is 2.23. The molecule has 0 radical (unpaired) electrons. The van der Waals surface area contributed by atoms with Crippen LogP contribution >= 0.6 is 11.3 Å². The van der Waals surface area contributed by atoms with Crippen molar-refractivity contribution in [1.29, 1.82) is 0 Å². The molecule has 2 rings (SSSR count). The zero-order valence-electron chi connectivity index (χ0n) is 11.6. The van der Waals surface area contributed by atoms with E-state index < -0.39 is 40.0 Å². The van der Waals surface area contributed by atoms with Crippen LogP contribution in [0.4, 0.5) is 13.2 Å². The molecule has 1 aromatic carbocycles. The second-order valence-corrected chi connectivity index (χ2v) is 6.96. The minimum Gasteiger partial charge on any atom is -0.465 e. The van der Waals surface area contributed by atoms with E-state index in [1.807, 2.05) is 0 Å². The van der Waals surface area contributed by atoms with Crippen molar-refractivity contribution in [3.63, 3.8) is 0 Å². The predicted molar refractivity (Wildman–Crippen MR) is 76.0 cm³/mol. The Morgan fingerprint density at radius 2 is 1.87 bits per heavy atom. The summed E-state index contributed by atoms with van der Waals surface area (Å²) in [6.45, 7) is -0.479. The van der Waals surface area contributed by atoms with Crippen LogP contribution in [0.3, 0.4) is 0 Å². The van der Waals surface area contributed by atoms with Gasteiger partial charge in [-0.3, -0.25) is 0 Å². The fraction of sp³-hybridized carbons (Fsp3) is 0.154. The van der Waals surface area contributed by atoms with Crippen LogP contribution in [0.5, 0.6) is 0 Å². The zero-order chi connectivity index (χ0) is 17.2. The molecule has 0 saturated carbocycles. The number of methoxy groups -OCH3 is 1. The lowest BCUT2D eigenvalue weighted by Gasteiger charge is -2.08. The van der Waals surface area contributed by atoms with Gasteiger partial charge in [0.2, 0.25) is 10.0 Å². The summed E-state index contributed by atoms with van der Waals surface area (Å²) >= 11 is 0.874. The third kappa shape index (κ3) is 3.71. The summed E-state index contributed by atoms with van der Waals surface area (Å²) < 4.78 is 69.9. The summed E-state index contributed by atoms with van der Waals surface area (Å²) in [5, 5.41) is 1.39. The van der Waals surface area contributed by atoms with E-state index in [1.54, 1.807) is 0 Å². The maximum absolute atomic E-state index is 13.1. The number of rotatable bonds is 5. The summed E-state index contributed by atoms with van der Waals surface area (Å²) in [7, 11) is -3.01. The van der Waals surface area contributed by atoms with E-state index in [-0.39, 0.29) is 15.3 Å². The maximum atomic E-state index is 13.1. The molecule has 0 spiro atoms. The summed E-state index contributed by atoms with van der Waals surface area (Å²) in [5.74, 6) is -5.31. The van der Waals surface area contributed by atoms with Gasteiger partial charge in [0, 0.05) is 6.54 Å². The number of thiophene rings is 1. The molecule has 124 valence electrons. The van der Waals surface area contributed by atoms with E-state index in [4.69, 9.17) is 0 Å². The van der Waals surface area contributed by atoms with Crippen molar-refractivity contribution in [3.05, 3.63) is 51.5 Å². The molecule has 0 amide bonds. The molecular formula is C13H10F3NO4S2. The number of carbonyl (C=O) groups excluding carboxylic acids is 1. The standard InChI is InChI=1S/C13H10F3NO4S2/c1-21-13(18)12-10(2-3-22-12)23(19,20)17-6-7-4-8(14)11(16)9(15)5-7/h2-5,17H,6H2,1H3. The molecule has 1 heterocycles. The SMILES string of the molecule is COC(=O)c1sccc1S(=O)(=O)NCc1cc(F)c(F)c(F)c1. The summed E-state index contributed by atoms with van der Waals surface area (Å²) in [6.07, 6.45) is 0. The van der Waals surface area contributed by atoms with E-state index in [0.29, 0.717) is 12.1 Å². The molecule has 23 heavy (non-hydrogen) atoms. The lowest BCUT2D eigenvalue weighted by atomic mass is 10.2. The van der Waals surface area contributed by atoms with Gasteiger partial charge in [0.25, 0.3) is 0 Å². The van der Waals surface area contributed by atoms with Crippen LogP contribution in [0.1, 0.15) is 15.2 Å². The van der Waals surface area contributed by atoms with Crippen molar-refractivity contribution in [3.8, 4) is 0 Å². The fourth-order valence-electron chi connectivity index (χ4n) is 1.72. The van der Waals surface area contributed by atoms with Gasteiger partial charge in [-0.15, -0.1) is 11.3 Å². The number of ether oxygens (including phenoxy) is 1. The largest absolute Gasteiger partial charge is 0.465 e. The molecule has 0 saturated heterocycles. The van der Waals surface area contributed by atoms with Gasteiger partial charge in [-0.1, -0.05) is 0 Å². The number of nitrogens with one attached hydrogen (secondary N) is 1. The highest BCUT2D eigenvalue weighted by atomic mass is 32.2.